The van der Waals surface area contributed by atoms with Gasteiger partial charge in [-0.3, -0.25) is 0 Å². The molecule has 0 spiro atoms. The monoisotopic (exact) mass is 1460 g/mol. The first-order valence-electron chi connectivity index (χ1n) is 38.0. The number of nitrogens with zero attached hydrogens (tertiary/aromatic N) is 8. The van der Waals surface area contributed by atoms with Gasteiger partial charge in [0.15, 0.2) is 34.9 Å². The summed E-state index contributed by atoms with van der Waals surface area (Å²) in [7, 11) is 0. The van der Waals surface area contributed by atoms with Crippen LogP contribution >= 0.6 is 0 Å². The van der Waals surface area contributed by atoms with E-state index in [1.807, 2.05) is 133 Å². The quantitative estimate of drug-likeness (QED) is 0.130. The molecule has 0 N–H and O–H groups in total. The molecule has 0 fully saturated rings. The lowest BCUT2D eigenvalue weighted by Crippen LogP contribution is -2.01. The molecule has 0 radical (unpaired) electrons. The van der Waals surface area contributed by atoms with Gasteiger partial charge in [-0.2, -0.15) is 0 Å². The van der Waals surface area contributed by atoms with Crippen molar-refractivity contribution in [1.29, 1.82) is 0 Å². The van der Waals surface area contributed by atoms with Crippen molar-refractivity contribution in [3.8, 4) is 102 Å². The largest absolute Gasteiger partial charge is 0.456 e. The minimum absolute atomic E-state index is 0.569. The molecular weight excluding hydrogens is 1400 g/mol. The van der Waals surface area contributed by atoms with Gasteiger partial charge >= 0.3 is 0 Å². The Balaban J connectivity index is 0.000000135. The van der Waals surface area contributed by atoms with Crippen LogP contribution in [0.2, 0.25) is 0 Å². The van der Waals surface area contributed by atoms with Gasteiger partial charge in [-0.05, 0) is 144 Å². The minimum atomic E-state index is 0.569. The molecule has 8 aromatic heterocycles. The maximum absolute atomic E-state index is 6.55. The Hall–Kier alpha value is -15.7. The summed E-state index contributed by atoms with van der Waals surface area (Å²) in [6, 6.07) is 125. The zero-order valence-electron chi connectivity index (χ0n) is 60.9. The topological polar surface area (TPSA) is 140 Å². The van der Waals surface area contributed by atoms with E-state index in [0.717, 1.165) is 198 Å². The van der Waals surface area contributed by atoms with Gasteiger partial charge in [0.25, 0.3) is 0 Å². The van der Waals surface area contributed by atoms with Crippen LogP contribution in [0.15, 0.2) is 382 Å². The maximum atomic E-state index is 6.55. The van der Waals surface area contributed by atoms with Gasteiger partial charge in [-0.1, -0.05) is 243 Å². The summed E-state index contributed by atoms with van der Waals surface area (Å²) < 4.78 is 30.7. The van der Waals surface area contributed by atoms with Crippen LogP contribution in [0.25, 0.3) is 233 Å². The second kappa shape index (κ2) is 26.0. The summed E-state index contributed by atoms with van der Waals surface area (Å²) in [4.78, 5) is 30.4. The maximum Gasteiger partial charge on any atom is 0.164 e. The summed E-state index contributed by atoms with van der Waals surface area (Å²) in [6.07, 6.45) is 0. The van der Waals surface area contributed by atoms with Crippen molar-refractivity contribution in [2.24, 2.45) is 0 Å². The van der Waals surface area contributed by atoms with Crippen molar-refractivity contribution in [2.75, 3.05) is 0 Å². The van der Waals surface area contributed by atoms with Crippen molar-refractivity contribution in [2.45, 2.75) is 0 Å². The number of benzene rings is 16. The highest BCUT2D eigenvalue weighted by atomic mass is 16.3. The van der Waals surface area contributed by atoms with E-state index in [1.165, 1.54) is 0 Å². The number of hydrogen-bond acceptors (Lipinski definition) is 10. The zero-order chi connectivity index (χ0) is 74.9. The molecule has 0 saturated heterocycles. The van der Waals surface area contributed by atoms with Crippen LogP contribution in [0.4, 0.5) is 0 Å². The highest BCUT2D eigenvalue weighted by molar-refractivity contribution is 6.26. The predicted octanol–water partition coefficient (Wildman–Crippen LogP) is 26.9. The van der Waals surface area contributed by atoms with E-state index in [0.29, 0.717) is 34.9 Å². The molecule has 0 aliphatic heterocycles. The van der Waals surface area contributed by atoms with E-state index in [2.05, 4.69) is 240 Å². The molecule has 114 heavy (non-hydrogen) atoms. The van der Waals surface area contributed by atoms with Crippen molar-refractivity contribution in [1.82, 2.24) is 39.0 Å². The molecular formula is C102H60N8O4. The molecule has 8 heterocycles. The van der Waals surface area contributed by atoms with Gasteiger partial charge in [0, 0.05) is 98.6 Å². The van der Waals surface area contributed by atoms with Gasteiger partial charge in [-0.25, -0.2) is 29.9 Å². The molecule has 12 nitrogen and oxygen atoms in total. The third-order valence-electron chi connectivity index (χ3n) is 22.1. The number of para-hydroxylation sites is 4. The summed E-state index contributed by atoms with van der Waals surface area (Å²) >= 11 is 0. The zero-order valence-corrected chi connectivity index (χ0v) is 60.9. The average Bonchev–Trinajstić information content (AvgIpc) is 1.56. The van der Waals surface area contributed by atoms with E-state index in [4.69, 9.17) is 47.6 Å². The van der Waals surface area contributed by atoms with Crippen LogP contribution < -0.4 is 0 Å². The highest BCUT2D eigenvalue weighted by Crippen LogP contribution is 2.46. The van der Waals surface area contributed by atoms with E-state index in [-0.39, 0.29) is 0 Å². The molecule has 0 amide bonds. The summed E-state index contributed by atoms with van der Waals surface area (Å²) in [5, 5.41) is 13.2. The van der Waals surface area contributed by atoms with E-state index < -0.39 is 0 Å². The smallest absolute Gasteiger partial charge is 0.164 e. The molecule has 0 aliphatic rings. The summed E-state index contributed by atoms with van der Waals surface area (Å²) in [6.45, 7) is 0. The number of fused-ring (bicyclic) bond motifs is 20. The Morgan fingerprint density at radius 1 is 0.175 bits per heavy atom. The van der Waals surface area contributed by atoms with Crippen molar-refractivity contribution >= 4 is 131 Å². The van der Waals surface area contributed by atoms with Crippen molar-refractivity contribution in [3.63, 3.8) is 0 Å². The first-order chi connectivity index (χ1) is 56.5. The summed E-state index contributed by atoms with van der Waals surface area (Å²) in [5.41, 5.74) is 23.1. The molecule has 0 aliphatic carbocycles. The average molecular weight is 1460 g/mol. The molecule has 24 aromatic rings. The Bertz CT molecular complexity index is 7980. The normalized spacial score (nSPS) is 11.9. The lowest BCUT2D eigenvalue weighted by Gasteiger charge is -2.11. The Morgan fingerprint density at radius 2 is 0.509 bits per heavy atom. The number of hydrogen-bond donors (Lipinski definition) is 0. The fourth-order valence-electron chi connectivity index (χ4n) is 16.9. The number of rotatable bonds is 10. The first-order valence-corrected chi connectivity index (χ1v) is 38.0. The lowest BCUT2D eigenvalue weighted by atomic mass is 9.99. The SMILES string of the molecule is c1ccc(-c2nc(-c3ccc(-n4c5ccccc5c5c6oc7ccccc7c6ccc54)cc3)nc(-c3ccc4c(c3)oc3cccc(-c5ccccc5)c34)n2)cc1.c1ccc(-c2nc(-c3cccc(-n4c5ccccc5c5c6oc7ccccc7c6ccc54)c3)nc(-c3ccc4c(c3)oc3cccc(-c5ccccc5)c34)n2)cc1. The molecule has 0 saturated carbocycles. The van der Waals surface area contributed by atoms with Gasteiger partial charge in [-0.15, -0.1) is 0 Å². The van der Waals surface area contributed by atoms with Gasteiger partial charge in [0.05, 0.1) is 32.8 Å². The van der Waals surface area contributed by atoms with Crippen LogP contribution in [0.5, 0.6) is 0 Å². The van der Waals surface area contributed by atoms with Crippen LogP contribution in [-0.4, -0.2) is 39.0 Å². The standard InChI is InChI=1S/2C51H30N4O2/c1-3-13-31(14-4-1)36-21-12-24-44-46(36)40-26-25-34(30-45(40)56-44)51-53-49(32-15-5-2-6-16-32)52-50(54-51)33-17-11-18-35(29-33)55-41-22-9-7-20-39(41)47-42(55)28-27-38-37-19-8-10-23-43(37)57-48(38)47;1-3-12-31(13-4-1)36-18-11-21-44-46(36)40-27-24-34(30-45(40)56-44)51-53-49(32-14-5-2-6-15-32)52-50(54-51)33-22-25-35(26-23-33)55-41-19-9-7-17-39(41)47-42(55)29-28-38-37-16-8-10-20-43(37)57-48(38)47/h2*1-30H. The van der Waals surface area contributed by atoms with E-state index >= 15 is 0 Å². The fraction of sp³-hybridized carbons (Fsp3) is 0. The van der Waals surface area contributed by atoms with Gasteiger partial charge in [0.1, 0.15) is 44.7 Å². The van der Waals surface area contributed by atoms with Crippen molar-refractivity contribution in [3.05, 3.63) is 364 Å². The van der Waals surface area contributed by atoms with Crippen LogP contribution in [0.1, 0.15) is 0 Å². The van der Waals surface area contributed by atoms with Gasteiger partial charge in [0.2, 0.25) is 0 Å². The first kappa shape index (κ1) is 64.3. The molecule has 0 unspecified atom stereocenters. The minimum Gasteiger partial charge on any atom is -0.456 e. The predicted molar refractivity (Wildman–Crippen MR) is 461 cm³/mol. The highest BCUT2D eigenvalue weighted by Gasteiger charge is 2.25. The number of furan rings is 4. The van der Waals surface area contributed by atoms with E-state index in [9.17, 15) is 0 Å². The van der Waals surface area contributed by atoms with Crippen LogP contribution in [0.3, 0.4) is 0 Å². The molecule has 532 valence electrons. The van der Waals surface area contributed by atoms with Crippen LogP contribution in [0, 0.1) is 0 Å². The van der Waals surface area contributed by atoms with Gasteiger partial charge < -0.3 is 26.8 Å². The second-order valence-corrected chi connectivity index (χ2v) is 28.7. The summed E-state index contributed by atoms with van der Waals surface area (Å²) in [5.74, 6) is 3.52. The molecule has 0 atom stereocenters. The molecule has 24 rings (SSSR count). The molecule has 16 aromatic carbocycles. The Kier molecular flexibility index (Phi) is 14.7. The third kappa shape index (κ3) is 10.5. The van der Waals surface area contributed by atoms with Crippen molar-refractivity contribution < 1.29 is 17.7 Å². The Labute approximate surface area is 650 Å². The lowest BCUT2D eigenvalue weighted by molar-refractivity contribution is 0.668. The molecule has 12 heteroatoms. The second-order valence-electron chi connectivity index (χ2n) is 28.7. The molecule has 0 bridgehead atoms. The number of aromatic nitrogens is 8. The van der Waals surface area contributed by atoms with Crippen LogP contribution in [-0.2, 0) is 0 Å². The third-order valence-corrected chi connectivity index (χ3v) is 22.1. The van der Waals surface area contributed by atoms with E-state index in [1.54, 1.807) is 0 Å². The Morgan fingerprint density at radius 3 is 0.965 bits per heavy atom. The fourth-order valence-corrected chi connectivity index (χ4v) is 16.9.